The molecule has 2 aromatic rings. The predicted octanol–water partition coefficient (Wildman–Crippen LogP) is 2.95. The smallest absolute Gasteiger partial charge is 0.257 e. The van der Waals surface area contributed by atoms with Crippen molar-refractivity contribution in [3.8, 4) is 0 Å². The Hall–Kier alpha value is -2.21. The van der Waals surface area contributed by atoms with Crippen molar-refractivity contribution < 1.29 is 9.18 Å². The van der Waals surface area contributed by atoms with E-state index >= 15 is 0 Å². The van der Waals surface area contributed by atoms with Gasteiger partial charge < -0.3 is 10.6 Å². The van der Waals surface area contributed by atoms with Gasteiger partial charge in [-0.25, -0.2) is 14.4 Å². The van der Waals surface area contributed by atoms with E-state index in [1.54, 1.807) is 6.07 Å². The Morgan fingerprint density at radius 2 is 2.15 bits per heavy atom. The van der Waals surface area contributed by atoms with Gasteiger partial charge in [0.1, 0.15) is 22.6 Å². The number of aromatic nitrogens is 2. The Morgan fingerprint density at radius 1 is 1.35 bits per heavy atom. The summed E-state index contributed by atoms with van der Waals surface area (Å²) in [6.07, 6.45) is 1.03. The topological polar surface area (TPSA) is 66.9 Å². The summed E-state index contributed by atoms with van der Waals surface area (Å²) in [7, 11) is 0. The van der Waals surface area contributed by atoms with E-state index in [0.717, 1.165) is 6.20 Å². The fourth-order valence-corrected chi connectivity index (χ4v) is 1.75. The fraction of sp³-hybridized carbons (Fsp3) is 0.154. The summed E-state index contributed by atoms with van der Waals surface area (Å²) >= 11 is 5.86. The summed E-state index contributed by atoms with van der Waals surface area (Å²) in [5.74, 6) is -0.0940. The molecule has 0 atom stereocenters. The van der Waals surface area contributed by atoms with Crippen LogP contribution in [0.2, 0.25) is 5.15 Å². The van der Waals surface area contributed by atoms with Crippen LogP contribution in [0, 0.1) is 5.82 Å². The Kier molecular flexibility index (Phi) is 4.47. The van der Waals surface area contributed by atoms with Crippen molar-refractivity contribution in [2.24, 2.45) is 0 Å². The summed E-state index contributed by atoms with van der Waals surface area (Å²) < 4.78 is 12.7. The molecule has 1 amide bonds. The van der Waals surface area contributed by atoms with Crippen molar-refractivity contribution in [1.82, 2.24) is 9.97 Å². The van der Waals surface area contributed by atoms with Crippen molar-refractivity contribution in [2.45, 2.75) is 6.92 Å². The third-order valence-electron chi connectivity index (χ3n) is 2.38. The van der Waals surface area contributed by atoms with Gasteiger partial charge in [-0.15, -0.1) is 0 Å². The molecule has 0 bridgehead atoms. The molecule has 0 aliphatic heterocycles. The van der Waals surface area contributed by atoms with Crippen LogP contribution in [0.1, 0.15) is 17.3 Å². The van der Waals surface area contributed by atoms with E-state index in [0.29, 0.717) is 17.9 Å². The maximum absolute atomic E-state index is 12.7. The van der Waals surface area contributed by atoms with E-state index in [1.165, 1.54) is 18.2 Å². The van der Waals surface area contributed by atoms with Crippen LogP contribution in [-0.4, -0.2) is 22.4 Å². The number of anilines is 2. The van der Waals surface area contributed by atoms with Gasteiger partial charge in [0, 0.05) is 12.1 Å². The quantitative estimate of drug-likeness (QED) is 0.851. The highest BCUT2D eigenvalue weighted by atomic mass is 35.5. The Bertz CT molecular complexity index is 618. The second kappa shape index (κ2) is 6.29. The van der Waals surface area contributed by atoms with Crippen molar-refractivity contribution in [3.63, 3.8) is 0 Å². The average molecular weight is 295 g/mol. The minimum Gasteiger partial charge on any atom is -0.370 e. The molecule has 0 saturated carbocycles. The summed E-state index contributed by atoms with van der Waals surface area (Å²) in [6.45, 7) is 2.57. The first-order valence-corrected chi connectivity index (χ1v) is 6.30. The summed E-state index contributed by atoms with van der Waals surface area (Å²) in [4.78, 5) is 19.8. The van der Waals surface area contributed by atoms with Crippen LogP contribution in [0.5, 0.6) is 0 Å². The summed E-state index contributed by atoms with van der Waals surface area (Å²) in [5.41, 5.74) is 0.340. The highest BCUT2D eigenvalue weighted by Crippen LogP contribution is 2.16. The minimum atomic E-state index is -0.468. The van der Waals surface area contributed by atoms with Gasteiger partial charge in [0.05, 0.1) is 6.20 Å². The van der Waals surface area contributed by atoms with Crippen molar-refractivity contribution in [3.05, 3.63) is 47.0 Å². The lowest BCUT2D eigenvalue weighted by molar-refractivity contribution is 0.102. The molecule has 7 heteroatoms. The second-order valence-corrected chi connectivity index (χ2v) is 4.30. The van der Waals surface area contributed by atoms with Crippen molar-refractivity contribution in [1.29, 1.82) is 0 Å². The average Bonchev–Trinajstić information content (AvgIpc) is 2.41. The van der Waals surface area contributed by atoms with Crippen LogP contribution in [0.4, 0.5) is 16.0 Å². The number of pyridine rings is 2. The summed E-state index contributed by atoms with van der Waals surface area (Å²) in [5, 5.41) is 5.73. The van der Waals surface area contributed by atoms with Gasteiger partial charge in [-0.05, 0) is 31.2 Å². The number of nitrogens with zero attached hydrogens (tertiary/aromatic N) is 2. The number of halogens is 2. The van der Waals surface area contributed by atoms with Crippen LogP contribution in [0.15, 0.2) is 30.5 Å². The van der Waals surface area contributed by atoms with E-state index in [2.05, 4.69) is 20.6 Å². The molecule has 0 aromatic carbocycles. The molecule has 2 aromatic heterocycles. The molecule has 0 fully saturated rings. The van der Waals surface area contributed by atoms with Crippen molar-refractivity contribution in [2.75, 3.05) is 17.2 Å². The third kappa shape index (κ3) is 3.64. The number of carbonyl (C=O) groups is 1. The molecule has 104 valence electrons. The highest BCUT2D eigenvalue weighted by molar-refractivity contribution is 6.30. The van der Waals surface area contributed by atoms with Gasteiger partial charge in [-0.3, -0.25) is 4.79 Å². The molecule has 2 N–H and O–H groups in total. The predicted molar refractivity (Wildman–Crippen MR) is 75.6 cm³/mol. The molecule has 0 aliphatic carbocycles. The van der Waals surface area contributed by atoms with Gasteiger partial charge in [-0.1, -0.05) is 11.6 Å². The van der Waals surface area contributed by atoms with Crippen LogP contribution in [0.3, 0.4) is 0 Å². The van der Waals surface area contributed by atoms with Crippen LogP contribution < -0.4 is 10.6 Å². The maximum atomic E-state index is 12.7. The lowest BCUT2D eigenvalue weighted by Gasteiger charge is -2.07. The van der Waals surface area contributed by atoms with Crippen LogP contribution in [-0.2, 0) is 0 Å². The highest BCUT2D eigenvalue weighted by Gasteiger charge is 2.10. The molecular weight excluding hydrogens is 283 g/mol. The second-order valence-electron chi connectivity index (χ2n) is 3.91. The standard InChI is InChI=1S/C13H12ClFN4O/c1-2-16-12-6-8(5-10(14)18-12)13(20)19-11-4-3-9(15)7-17-11/h3-7H,2H2,1H3,(H,16,18)(H,17,19,20). The van der Waals surface area contributed by atoms with Gasteiger partial charge in [0.25, 0.3) is 5.91 Å². The molecule has 0 saturated heterocycles. The molecule has 0 radical (unpaired) electrons. The van der Waals surface area contributed by atoms with Gasteiger partial charge in [-0.2, -0.15) is 0 Å². The molecule has 0 spiro atoms. The van der Waals surface area contributed by atoms with E-state index < -0.39 is 11.7 Å². The minimum absolute atomic E-state index is 0.209. The first kappa shape index (κ1) is 14.2. The number of amides is 1. The van der Waals surface area contributed by atoms with E-state index in [-0.39, 0.29) is 11.0 Å². The number of hydrogen-bond acceptors (Lipinski definition) is 4. The number of rotatable bonds is 4. The van der Waals surface area contributed by atoms with Gasteiger partial charge in [0.2, 0.25) is 0 Å². The van der Waals surface area contributed by atoms with Crippen LogP contribution in [0.25, 0.3) is 0 Å². The van der Waals surface area contributed by atoms with E-state index in [9.17, 15) is 9.18 Å². The molecular formula is C13H12ClFN4O. The summed E-state index contributed by atoms with van der Waals surface area (Å²) in [6, 6.07) is 5.61. The molecule has 2 heterocycles. The Balaban J connectivity index is 2.18. The van der Waals surface area contributed by atoms with E-state index in [4.69, 9.17) is 11.6 Å². The fourth-order valence-electron chi connectivity index (χ4n) is 1.54. The first-order valence-electron chi connectivity index (χ1n) is 5.93. The van der Waals surface area contributed by atoms with Crippen molar-refractivity contribution >= 4 is 29.1 Å². The molecule has 20 heavy (non-hydrogen) atoms. The zero-order valence-corrected chi connectivity index (χ0v) is 11.4. The monoisotopic (exact) mass is 294 g/mol. The zero-order chi connectivity index (χ0) is 14.5. The van der Waals surface area contributed by atoms with Crippen LogP contribution >= 0.6 is 11.6 Å². The largest absolute Gasteiger partial charge is 0.370 e. The third-order valence-corrected chi connectivity index (χ3v) is 2.58. The van der Waals surface area contributed by atoms with Gasteiger partial charge in [0.15, 0.2) is 0 Å². The van der Waals surface area contributed by atoms with E-state index in [1.807, 2.05) is 6.92 Å². The maximum Gasteiger partial charge on any atom is 0.257 e. The SMILES string of the molecule is CCNc1cc(C(=O)Nc2ccc(F)cn2)cc(Cl)n1. The lowest BCUT2D eigenvalue weighted by Crippen LogP contribution is -2.14. The first-order chi connectivity index (χ1) is 9.58. The molecule has 5 nitrogen and oxygen atoms in total. The Labute approximate surface area is 120 Å². The lowest BCUT2D eigenvalue weighted by atomic mass is 10.2. The molecule has 0 aliphatic rings. The number of hydrogen-bond donors (Lipinski definition) is 2. The zero-order valence-electron chi connectivity index (χ0n) is 10.7. The molecule has 0 unspecified atom stereocenters. The normalized spacial score (nSPS) is 10.2. The number of nitrogens with one attached hydrogen (secondary N) is 2. The van der Waals surface area contributed by atoms with Gasteiger partial charge >= 0.3 is 0 Å². The number of carbonyl (C=O) groups excluding carboxylic acids is 1. The molecule has 2 rings (SSSR count). The Morgan fingerprint density at radius 3 is 2.80 bits per heavy atom.